The van der Waals surface area contributed by atoms with Crippen LogP contribution >= 0.6 is 24.0 Å². The van der Waals surface area contributed by atoms with Gasteiger partial charge in [0.05, 0.1) is 10.5 Å². The number of thiocarbonyl (C=S) groups is 1. The fourth-order valence-corrected chi connectivity index (χ4v) is 5.82. The molecule has 2 aromatic carbocycles. The largest absolute Gasteiger partial charge is 0.480 e. The number of carboxylic acids is 1. The van der Waals surface area contributed by atoms with E-state index in [9.17, 15) is 27.9 Å². The van der Waals surface area contributed by atoms with Crippen molar-refractivity contribution in [1.29, 1.82) is 0 Å². The third-order valence-electron chi connectivity index (χ3n) is 6.18. The van der Waals surface area contributed by atoms with Gasteiger partial charge in [-0.15, -0.1) is 0 Å². The number of carbonyl (C=O) groups is 2. The Bertz CT molecular complexity index is 1140. The molecule has 178 valence electrons. The van der Waals surface area contributed by atoms with Crippen molar-refractivity contribution in [2.75, 3.05) is 0 Å². The molecule has 4 nitrogen and oxygen atoms in total. The highest BCUT2D eigenvalue weighted by Gasteiger charge is 2.44. The van der Waals surface area contributed by atoms with Crippen LogP contribution in [0.1, 0.15) is 43.2 Å². The predicted molar refractivity (Wildman–Crippen MR) is 130 cm³/mol. The van der Waals surface area contributed by atoms with E-state index in [2.05, 4.69) is 0 Å². The van der Waals surface area contributed by atoms with Gasteiger partial charge in [0.1, 0.15) is 10.4 Å². The van der Waals surface area contributed by atoms with Gasteiger partial charge in [-0.25, -0.2) is 4.79 Å². The van der Waals surface area contributed by atoms with Crippen molar-refractivity contribution in [1.82, 2.24) is 4.90 Å². The maximum Gasteiger partial charge on any atom is 0.416 e. The van der Waals surface area contributed by atoms with Crippen LogP contribution < -0.4 is 0 Å². The standard InChI is InChI=1S/C25H22F3NO3S2/c26-25(27,28)19-8-4-7-18(14-19)16-11-9-15(10-12-16)13-20-22(30)29(24(33)34-20)21(23(31)32)17-5-2-1-3-6-17/h4,7-14,17,21H,1-3,5-6H2,(H,31,32)/b20-13-/t21-/m0/s1. The zero-order valence-corrected chi connectivity index (χ0v) is 19.7. The van der Waals surface area contributed by atoms with Crippen LogP contribution in [0.4, 0.5) is 13.2 Å². The van der Waals surface area contributed by atoms with Crippen molar-refractivity contribution in [3.05, 3.63) is 64.6 Å². The molecule has 4 rings (SSSR count). The molecule has 0 aromatic heterocycles. The molecule has 1 aliphatic carbocycles. The molecule has 1 amide bonds. The first-order chi connectivity index (χ1) is 16.1. The minimum Gasteiger partial charge on any atom is -0.480 e. The monoisotopic (exact) mass is 505 g/mol. The average molecular weight is 506 g/mol. The normalized spacial score (nSPS) is 19.6. The van der Waals surface area contributed by atoms with Crippen LogP contribution in [0.25, 0.3) is 17.2 Å². The molecule has 1 N–H and O–H groups in total. The summed E-state index contributed by atoms with van der Waals surface area (Å²) in [5.74, 6) is -1.59. The lowest BCUT2D eigenvalue weighted by atomic mass is 9.83. The Kier molecular flexibility index (Phi) is 7.14. The third kappa shape index (κ3) is 5.20. The number of thioether (sulfide) groups is 1. The lowest BCUT2D eigenvalue weighted by molar-refractivity contribution is -0.147. The van der Waals surface area contributed by atoms with E-state index in [0.29, 0.717) is 21.6 Å². The Hall–Kier alpha value is -2.65. The van der Waals surface area contributed by atoms with Gasteiger partial charge < -0.3 is 5.11 Å². The summed E-state index contributed by atoms with van der Waals surface area (Å²) >= 11 is 6.45. The molecular weight excluding hydrogens is 483 g/mol. The summed E-state index contributed by atoms with van der Waals surface area (Å²) in [5, 5.41) is 9.85. The maximum atomic E-state index is 13.1. The number of rotatable bonds is 5. The van der Waals surface area contributed by atoms with Gasteiger partial charge in [-0.05, 0) is 53.7 Å². The number of benzene rings is 2. The van der Waals surface area contributed by atoms with Crippen LogP contribution in [-0.2, 0) is 15.8 Å². The molecule has 0 radical (unpaired) electrons. The average Bonchev–Trinajstić information content (AvgIpc) is 3.07. The first-order valence-electron chi connectivity index (χ1n) is 10.9. The molecule has 0 spiro atoms. The van der Waals surface area contributed by atoms with Crippen LogP contribution in [0.3, 0.4) is 0 Å². The van der Waals surface area contributed by atoms with E-state index in [4.69, 9.17) is 12.2 Å². The van der Waals surface area contributed by atoms with E-state index in [1.54, 1.807) is 36.4 Å². The number of hydrogen-bond acceptors (Lipinski definition) is 4. The second-order valence-electron chi connectivity index (χ2n) is 8.43. The van der Waals surface area contributed by atoms with Crippen molar-refractivity contribution >= 4 is 46.3 Å². The first kappa shape index (κ1) is 24.5. The molecule has 1 heterocycles. The van der Waals surface area contributed by atoms with Crippen LogP contribution in [-0.4, -0.2) is 32.2 Å². The lowest BCUT2D eigenvalue weighted by Crippen LogP contribution is -2.48. The summed E-state index contributed by atoms with van der Waals surface area (Å²) in [4.78, 5) is 26.7. The molecule has 0 unspecified atom stereocenters. The highest BCUT2D eigenvalue weighted by Crippen LogP contribution is 2.39. The molecule has 0 bridgehead atoms. The van der Waals surface area contributed by atoms with Gasteiger partial charge in [0.2, 0.25) is 0 Å². The van der Waals surface area contributed by atoms with Crippen molar-refractivity contribution in [3.63, 3.8) is 0 Å². The van der Waals surface area contributed by atoms with Gasteiger partial charge >= 0.3 is 12.1 Å². The van der Waals surface area contributed by atoms with E-state index in [1.165, 1.54) is 11.0 Å². The van der Waals surface area contributed by atoms with Crippen LogP contribution in [0, 0.1) is 5.92 Å². The summed E-state index contributed by atoms with van der Waals surface area (Å²) in [6, 6.07) is 10.9. The molecular formula is C25H22F3NO3S2. The van der Waals surface area contributed by atoms with E-state index in [0.717, 1.165) is 56.0 Å². The Labute approximate surface area is 204 Å². The van der Waals surface area contributed by atoms with Gasteiger partial charge in [0.25, 0.3) is 5.91 Å². The minimum atomic E-state index is -4.42. The molecule has 9 heteroatoms. The summed E-state index contributed by atoms with van der Waals surface area (Å²) in [6.07, 6.45) is 1.67. The van der Waals surface area contributed by atoms with Gasteiger partial charge in [0.15, 0.2) is 0 Å². The van der Waals surface area contributed by atoms with Gasteiger partial charge in [0, 0.05) is 0 Å². The number of amides is 1. The predicted octanol–water partition coefficient (Wildman–Crippen LogP) is 6.61. The molecule has 2 aliphatic rings. The molecule has 34 heavy (non-hydrogen) atoms. The number of hydrogen-bond donors (Lipinski definition) is 1. The fraction of sp³-hybridized carbons (Fsp3) is 0.320. The topological polar surface area (TPSA) is 57.6 Å². The van der Waals surface area contributed by atoms with Gasteiger partial charge in [-0.1, -0.05) is 79.6 Å². The van der Waals surface area contributed by atoms with Gasteiger partial charge in [-0.2, -0.15) is 13.2 Å². The van der Waals surface area contributed by atoms with Crippen LogP contribution in [0.2, 0.25) is 0 Å². The van der Waals surface area contributed by atoms with Crippen molar-refractivity contribution in [2.24, 2.45) is 5.92 Å². The van der Waals surface area contributed by atoms with E-state index < -0.39 is 29.7 Å². The number of aliphatic carboxylic acids is 1. The quantitative estimate of drug-likeness (QED) is 0.366. The smallest absolute Gasteiger partial charge is 0.416 e. The van der Waals surface area contributed by atoms with E-state index >= 15 is 0 Å². The molecule has 2 fully saturated rings. The summed E-state index contributed by atoms with van der Waals surface area (Å²) in [5.41, 5.74) is 0.994. The fourth-order valence-electron chi connectivity index (χ4n) is 4.49. The maximum absolute atomic E-state index is 13.1. The minimum absolute atomic E-state index is 0.125. The number of halogens is 3. The second kappa shape index (κ2) is 9.92. The van der Waals surface area contributed by atoms with Crippen molar-refractivity contribution in [2.45, 2.75) is 44.3 Å². The lowest BCUT2D eigenvalue weighted by Gasteiger charge is -2.32. The Morgan fingerprint density at radius 3 is 2.38 bits per heavy atom. The molecule has 1 atom stereocenters. The van der Waals surface area contributed by atoms with Crippen LogP contribution in [0.5, 0.6) is 0 Å². The number of nitrogens with zero attached hydrogens (tertiary/aromatic N) is 1. The zero-order chi connectivity index (χ0) is 24.5. The molecule has 1 saturated heterocycles. The molecule has 1 aliphatic heterocycles. The molecule has 1 saturated carbocycles. The van der Waals surface area contributed by atoms with Crippen molar-refractivity contribution in [3.8, 4) is 11.1 Å². The van der Waals surface area contributed by atoms with E-state index in [1.807, 2.05) is 0 Å². The summed E-state index contributed by atoms with van der Waals surface area (Å²) in [6.45, 7) is 0. The number of alkyl halides is 3. The first-order valence-corrected chi connectivity index (χ1v) is 12.1. The Morgan fingerprint density at radius 1 is 1.09 bits per heavy atom. The second-order valence-corrected chi connectivity index (χ2v) is 10.1. The number of carboxylic acid groups (broad SMARTS) is 1. The highest BCUT2D eigenvalue weighted by atomic mass is 32.2. The highest BCUT2D eigenvalue weighted by molar-refractivity contribution is 8.26. The van der Waals surface area contributed by atoms with E-state index in [-0.39, 0.29) is 10.2 Å². The summed E-state index contributed by atoms with van der Waals surface area (Å²) < 4.78 is 39.3. The SMILES string of the molecule is O=C(O)[C@H](C1CCCCC1)N1C(=O)/C(=C/c2ccc(-c3cccc(C(F)(F)F)c3)cc2)SC1=S. The van der Waals surface area contributed by atoms with Crippen molar-refractivity contribution < 1.29 is 27.9 Å². The van der Waals surface area contributed by atoms with Gasteiger partial charge in [-0.3, -0.25) is 9.69 Å². The Morgan fingerprint density at radius 2 is 1.76 bits per heavy atom. The third-order valence-corrected chi connectivity index (χ3v) is 7.51. The zero-order valence-electron chi connectivity index (χ0n) is 18.0. The Balaban J connectivity index is 1.55. The summed E-state index contributed by atoms with van der Waals surface area (Å²) in [7, 11) is 0. The molecule has 2 aromatic rings. The number of carbonyl (C=O) groups excluding carboxylic acids is 1. The van der Waals surface area contributed by atoms with Crippen LogP contribution in [0.15, 0.2) is 53.4 Å².